The highest BCUT2D eigenvalue weighted by Crippen LogP contribution is 2.18. The van der Waals surface area contributed by atoms with E-state index in [2.05, 4.69) is 22.7 Å². The third-order valence-electron chi connectivity index (χ3n) is 3.20. The largest absolute Gasteiger partial charge is 0.377 e. The van der Waals surface area contributed by atoms with Gasteiger partial charge in [-0.3, -0.25) is 4.79 Å². The number of aromatic nitrogens is 1. The fourth-order valence-electron chi connectivity index (χ4n) is 2.07. The average molecular weight is 290 g/mol. The van der Waals surface area contributed by atoms with Gasteiger partial charge in [-0.05, 0) is 32.9 Å². The number of hydrogen-bond acceptors (Lipinski definition) is 5. The van der Waals surface area contributed by atoms with Gasteiger partial charge in [-0.15, -0.1) is 12.4 Å². The van der Waals surface area contributed by atoms with Crippen LogP contribution in [0.2, 0.25) is 0 Å². The lowest BCUT2D eigenvalue weighted by molar-refractivity contribution is 0.0877. The fourth-order valence-corrected chi connectivity index (χ4v) is 2.07. The van der Waals surface area contributed by atoms with E-state index in [4.69, 9.17) is 9.26 Å². The number of halogens is 1. The normalized spacial score (nSPS) is 17.6. The molecule has 1 fully saturated rings. The van der Waals surface area contributed by atoms with Gasteiger partial charge in [0.25, 0.3) is 5.91 Å². The Morgan fingerprint density at radius 2 is 2.26 bits per heavy atom. The predicted octanol–water partition coefficient (Wildman–Crippen LogP) is 1.11. The van der Waals surface area contributed by atoms with E-state index in [9.17, 15) is 4.79 Å². The van der Waals surface area contributed by atoms with Crippen LogP contribution in [0.5, 0.6) is 0 Å². The first-order valence-corrected chi connectivity index (χ1v) is 6.11. The number of carbonyl (C=O) groups excluding carboxylic acids is 1. The van der Waals surface area contributed by atoms with Crippen molar-refractivity contribution in [1.82, 2.24) is 15.8 Å². The molecule has 0 saturated carbocycles. The molecule has 2 heterocycles. The van der Waals surface area contributed by atoms with Gasteiger partial charge < -0.3 is 19.9 Å². The second-order valence-corrected chi connectivity index (χ2v) is 4.88. The third-order valence-corrected chi connectivity index (χ3v) is 3.20. The lowest BCUT2D eigenvalue weighted by atomic mass is 9.90. The minimum absolute atomic E-state index is 0. The minimum Gasteiger partial charge on any atom is -0.377 e. The molecule has 108 valence electrons. The molecule has 1 aromatic rings. The number of piperidine rings is 1. The molecule has 0 radical (unpaired) electrons. The molecule has 0 bridgehead atoms. The summed E-state index contributed by atoms with van der Waals surface area (Å²) in [6.07, 6.45) is 1.84. The molecule has 0 spiro atoms. The molecule has 1 saturated heterocycles. The SMILES string of the molecule is COCc1cc(C(=O)NC2(C)CCNCC2)no1.Cl. The summed E-state index contributed by atoms with van der Waals surface area (Å²) in [4.78, 5) is 12.0. The Kier molecular flexibility index (Phi) is 5.78. The van der Waals surface area contributed by atoms with E-state index in [1.54, 1.807) is 13.2 Å². The van der Waals surface area contributed by atoms with Crippen LogP contribution in [0.1, 0.15) is 36.0 Å². The lowest BCUT2D eigenvalue weighted by Crippen LogP contribution is -2.52. The van der Waals surface area contributed by atoms with E-state index >= 15 is 0 Å². The molecule has 1 amide bonds. The zero-order chi connectivity index (χ0) is 13.0. The third kappa shape index (κ3) is 4.19. The Hall–Kier alpha value is -1.11. The Labute approximate surface area is 118 Å². The van der Waals surface area contributed by atoms with E-state index in [-0.39, 0.29) is 23.9 Å². The van der Waals surface area contributed by atoms with Gasteiger partial charge in [0.05, 0.1) is 0 Å². The zero-order valence-electron chi connectivity index (χ0n) is 11.2. The topological polar surface area (TPSA) is 76.4 Å². The smallest absolute Gasteiger partial charge is 0.273 e. The molecule has 2 N–H and O–H groups in total. The summed E-state index contributed by atoms with van der Waals surface area (Å²) in [6.45, 7) is 4.22. The maximum Gasteiger partial charge on any atom is 0.273 e. The number of nitrogens with zero attached hydrogens (tertiary/aromatic N) is 1. The molecule has 6 nitrogen and oxygen atoms in total. The van der Waals surface area contributed by atoms with Crippen LogP contribution in [0.3, 0.4) is 0 Å². The lowest BCUT2D eigenvalue weighted by Gasteiger charge is -2.34. The molecular formula is C12H20ClN3O3. The van der Waals surface area contributed by atoms with E-state index in [0.717, 1.165) is 25.9 Å². The number of carbonyl (C=O) groups is 1. The van der Waals surface area contributed by atoms with Crippen LogP contribution >= 0.6 is 12.4 Å². The van der Waals surface area contributed by atoms with Gasteiger partial charge in [-0.25, -0.2) is 0 Å². The molecule has 0 aromatic carbocycles. The van der Waals surface area contributed by atoms with Gasteiger partial charge in [-0.2, -0.15) is 0 Å². The van der Waals surface area contributed by atoms with Crippen LogP contribution in [0, 0.1) is 0 Å². The number of methoxy groups -OCH3 is 1. The van der Waals surface area contributed by atoms with Crippen molar-refractivity contribution >= 4 is 18.3 Å². The maximum absolute atomic E-state index is 12.0. The van der Waals surface area contributed by atoms with Gasteiger partial charge in [0.1, 0.15) is 6.61 Å². The maximum atomic E-state index is 12.0. The van der Waals surface area contributed by atoms with Crippen molar-refractivity contribution < 1.29 is 14.1 Å². The summed E-state index contributed by atoms with van der Waals surface area (Å²) in [5.41, 5.74) is 0.143. The highest BCUT2D eigenvalue weighted by Gasteiger charge is 2.29. The van der Waals surface area contributed by atoms with Gasteiger partial charge >= 0.3 is 0 Å². The van der Waals surface area contributed by atoms with E-state index < -0.39 is 0 Å². The van der Waals surface area contributed by atoms with Crippen LogP contribution in [0.4, 0.5) is 0 Å². The number of rotatable bonds is 4. The molecule has 1 aliphatic heterocycles. The van der Waals surface area contributed by atoms with Crippen LogP contribution < -0.4 is 10.6 Å². The van der Waals surface area contributed by atoms with Crippen molar-refractivity contribution in [1.29, 1.82) is 0 Å². The monoisotopic (exact) mass is 289 g/mol. The number of hydrogen-bond donors (Lipinski definition) is 2. The first-order valence-electron chi connectivity index (χ1n) is 6.11. The highest BCUT2D eigenvalue weighted by atomic mass is 35.5. The molecule has 0 aliphatic carbocycles. The molecule has 2 rings (SSSR count). The van der Waals surface area contributed by atoms with Crippen molar-refractivity contribution in [2.45, 2.75) is 31.9 Å². The van der Waals surface area contributed by atoms with Gasteiger partial charge in [0.2, 0.25) is 0 Å². The Morgan fingerprint density at radius 1 is 1.58 bits per heavy atom. The number of ether oxygens (including phenoxy) is 1. The Bertz CT molecular complexity index is 416. The van der Waals surface area contributed by atoms with Crippen LogP contribution in [0.25, 0.3) is 0 Å². The van der Waals surface area contributed by atoms with Crippen molar-refractivity contribution in [3.63, 3.8) is 0 Å². The minimum atomic E-state index is -0.189. The Balaban J connectivity index is 0.00000180. The molecule has 19 heavy (non-hydrogen) atoms. The van der Waals surface area contributed by atoms with E-state index in [1.165, 1.54) is 0 Å². The predicted molar refractivity (Wildman–Crippen MR) is 72.4 cm³/mol. The number of amides is 1. The summed E-state index contributed by atoms with van der Waals surface area (Å²) in [5, 5.41) is 10.0. The summed E-state index contributed by atoms with van der Waals surface area (Å²) < 4.78 is 9.92. The fraction of sp³-hybridized carbons (Fsp3) is 0.667. The molecule has 0 atom stereocenters. The summed E-state index contributed by atoms with van der Waals surface area (Å²) >= 11 is 0. The molecule has 0 unspecified atom stereocenters. The van der Waals surface area contributed by atoms with Gasteiger partial charge in [0, 0.05) is 18.7 Å². The van der Waals surface area contributed by atoms with Crippen LogP contribution in [0.15, 0.2) is 10.6 Å². The standard InChI is InChI=1S/C12H19N3O3.ClH/c1-12(3-5-13-6-4-12)14-11(16)10-7-9(8-17-2)18-15-10;/h7,13H,3-6,8H2,1-2H3,(H,14,16);1H. The van der Waals surface area contributed by atoms with Gasteiger partial charge in [0.15, 0.2) is 11.5 Å². The van der Waals surface area contributed by atoms with Crippen LogP contribution in [-0.4, -0.2) is 36.8 Å². The first-order chi connectivity index (χ1) is 8.63. The Morgan fingerprint density at radius 3 is 2.89 bits per heavy atom. The molecule has 7 heteroatoms. The molecular weight excluding hydrogens is 270 g/mol. The van der Waals surface area contributed by atoms with Crippen molar-refractivity contribution in [2.75, 3.05) is 20.2 Å². The van der Waals surface area contributed by atoms with E-state index in [0.29, 0.717) is 18.1 Å². The van der Waals surface area contributed by atoms with Crippen molar-refractivity contribution in [3.05, 3.63) is 17.5 Å². The highest BCUT2D eigenvalue weighted by molar-refractivity contribution is 5.92. The summed E-state index contributed by atoms with van der Waals surface area (Å²) in [7, 11) is 1.57. The second kappa shape index (κ2) is 6.88. The first kappa shape index (κ1) is 15.9. The summed E-state index contributed by atoms with van der Waals surface area (Å²) in [6, 6.07) is 1.61. The zero-order valence-corrected chi connectivity index (χ0v) is 12.0. The average Bonchev–Trinajstić information content (AvgIpc) is 2.78. The van der Waals surface area contributed by atoms with Crippen molar-refractivity contribution in [2.24, 2.45) is 0 Å². The van der Waals surface area contributed by atoms with Gasteiger partial charge in [-0.1, -0.05) is 5.16 Å². The van der Waals surface area contributed by atoms with Crippen LogP contribution in [-0.2, 0) is 11.3 Å². The molecule has 1 aromatic heterocycles. The number of nitrogens with one attached hydrogen (secondary N) is 2. The molecule has 1 aliphatic rings. The quantitative estimate of drug-likeness (QED) is 0.868. The van der Waals surface area contributed by atoms with Crippen molar-refractivity contribution in [3.8, 4) is 0 Å². The second-order valence-electron chi connectivity index (χ2n) is 4.88. The summed E-state index contributed by atoms with van der Waals surface area (Å²) in [5.74, 6) is 0.364. The van der Waals surface area contributed by atoms with E-state index in [1.807, 2.05) is 0 Å².